The summed E-state index contributed by atoms with van der Waals surface area (Å²) in [7, 11) is 3.92. The molecule has 0 saturated heterocycles. The van der Waals surface area contributed by atoms with Gasteiger partial charge in [0.05, 0.1) is 0 Å². The molecule has 0 saturated carbocycles. The minimum atomic E-state index is 0.149. The lowest BCUT2D eigenvalue weighted by Crippen LogP contribution is -2.34. The molecule has 0 aliphatic rings. The van der Waals surface area contributed by atoms with Crippen LogP contribution in [0.4, 0.5) is 11.4 Å². The summed E-state index contributed by atoms with van der Waals surface area (Å²) in [6, 6.07) is 25.9. The number of hydrogen-bond acceptors (Lipinski definition) is 6. The highest BCUT2D eigenvalue weighted by Gasteiger charge is 2.07. The minimum Gasteiger partial charge on any atom is -0.390 e. The Morgan fingerprint density at radius 3 is 1.15 bits per heavy atom. The molecular formula is C38H48N4O2S2+2. The lowest BCUT2D eigenvalue weighted by molar-refractivity contribution is -0.698. The highest BCUT2D eigenvalue weighted by Crippen LogP contribution is 2.24. The van der Waals surface area contributed by atoms with Gasteiger partial charge < -0.3 is 20.0 Å². The van der Waals surface area contributed by atoms with Crippen molar-refractivity contribution in [3.63, 3.8) is 0 Å². The number of anilines is 2. The zero-order valence-corrected chi connectivity index (χ0v) is 28.8. The second-order valence-corrected chi connectivity index (χ2v) is 13.5. The summed E-state index contributed by atoms with van der Waals surface area (Å²) in [5.74, 6) is 2.17. The van der Waals surface area contributed by atoms with Crippen LogP contribution in [-0.4, -0.2) is 61.1 Å². The molecule has 0 amide bonds. The zero-order chi connectivity index (χ0) is 32.4. The van der Waals surface area contributed by atoms with Crippen LogP contribution in [0.1, 0.15) is 36.1 Å². The second kappa shape index (κ2) is 19.8. The summed E-state index contributed by atoms with van der Waals surface area (Å²) < 4.78 is 3.95. The molecule has 2 aromatic heterocycles. The Hall–Kier alpha value is -3.56. The van der Waals surface area contributed by atoms with Crippen molar-refractivity contribution in [1.29, 1.82) is 0 Å². The van der Waals surface area contributed by atoms with Gasteiger partial charge in [-0.25, -0.2) is 9.13 Å². The quantitative estimate of drug-likeness (QED) is 0.0700. The molecule has 0 aliphatic heterocycles. The Kier molecular flexibility index (Phi) is 15.2. The Labute approximate surface area is 283 Å². The maximum absolute atomic E-state index is 9.07. The van der Waals surface area contributed by atoms with E-state index in [0.29, 0.717) is 13.1 Å². The SMILES string of the molecule is CCN(CCSSCCN(CC)c1ccc(C=Cc2cc[n+](CCO)cc2)cc1)c1ccc(C=Cc2cc[n+](CCO)cc2)cc1. The Morgan fingerprint density at radius 2 is 0.848 bits per heavy atom. The van der Waals surface area contributed by atoms with E-state index in [-0.39, 0.29) is 13.2 Å². The molecular weight excluding hydrogens is 609 g/mol. The number of benzene rings is 2. The van der Waals surface area contributed by atoms with E-state index < -0.39 is 0 Å². The molecule has 0 unspecified atom stereocenters. The van der Waals surface area contributed by atoms with Crippen molar-refractivity contribution in [3.05, 3.63) is 120 Å². The summed E-state index contributed by atoms with van der Waals surface area (Å²) in [4.78, 5) is 4.88. The van der Waals surface area contributed by atoms with Crippen LogP contribution < -0.4 is 18.9 Å². The van der Waals surface area contributed by atoms with Gasteiger partial charge in [0, 0.05) is 73.3 Å². The van der Waals surface area contributed by atoms with Crippen LogP contribution in [0.25, 0.3) is 24.3 Å². The molecule has 46 heavy (non-hydrogen) atoms. The average molecular weight is 657 g/mol. The topological polar surface area (TPSA) is 54.7 Å². The van der Waals surface area contributed by atoms with Crippen molar-refractivity contribution in [2.75, 3.05) is 60.7 Å². The van der Waals surface area contributed by atoms with E-state index in [9.17, 15) is 0 Å². The van der Waals surface area contributed by atoms with Crippen LogP contribution in [0, 0.1) is 0 Å². The van der Waals surface area contributed by atoms with Gasteiger partial charge in [-0.15, -0.1) is 0 Å². The van der Waals surface area contributed by atoms with Crippen LogP contribution in [-0.2, 0) is 13.1 Å². The molecule has 0 aliphatic carbocycles. The molecule has 4 aromatic rings. The van der Waals surface area contributed by atoms with Gasteiger partial charge in [0.2, 0.25) is 0 Å². The molecule has 4 rings (SSSR count). The first-order valence-corrected chi connectivity index (χ1v) is 18.6. The van der Waals surface area contributed by atoms with E-state index in [1.807, 2.05) is 55.5 Å². The lowest BCUT2D eigenvalue weighted by Gasteiger charge is -2.24. The molecule has 242 valence electrons. The van der Waals surface area contributed by atoms with Crippen LogP contribution in [0.5, 0.6) is 0 Å². The largest absolute Gasteiger partial charge is 0.390 e. The molecule has 0 bridgehead atoms. The van der Waals surface area contributed by atoms with Gasteiger partial charge in [-0.05, 0) is 60.4 Å². The molecule has 2 aromatic carbocycles. The number of rotatable bonds is 19. The fourth-order valence-corrected chi connectivity index (χ4v) is 7.00. The Morgan fingerprint density at radius 1 is 0.522 bits per heavy atom. The summed E-state index contributed by atoms with van der Waals surface area (Å²) >= 11 is 0. The smallest absolute Gasteiger partial charge is 0.171 e. The summed E-state index contributed by atoms with van der Waals surface area (Å²) in [6.45, 7) is 10.0. The second-order valence-electron chi connectivity index (χ2n) is 10.8. The van der Waals surface area contributed by atoms with E-state index in [1.54, 1.807) is 0 Å². The molecule has 2 N–H and O–H groups in total. The molecule has 0 spiro atoms. The third kappa shape index (κ3) is 11.7. The molecule has 0 radical (unpaired) electrons. The fraction of sp³-hybridized carbons (Fsp3) is 0.316. The van der Waals surface area contributed by atoms with E-state index in [2.05, 4.69) is 121 Å². The van der Waals surface area contributed by atoms with E-state index in [0.717, 1.165) is 48.8 Å². The summed E-state index contributed by atoms with van der Waals surface area (Å²) in [5, 5.41) is 18.1. The molecule has 8 heteroatoms. The maximum Gasteiger partial charge on any atom is 0.171 e. The van der Waals surface area contributed by atoms with Gasteiger partial charge in [0.25, 0.3) is 0 Å². The van der Waals surface area contributed by atoms with E-state index in [1.165, 1.54) is 22.5 Å². The Balaban J connectivity index is 1.16. The third-order valence-electron chi connectivity index (χ3n) is 7.74. The number of aliphatic hydroxyl groups is 2. The predicted molar refractivity (Wildman–Crippen MR) is 199 cm³/mol. The summed E-state index contributed by atoms with van der Waals surface area (Å²) in [6.07, 6.45) is 16.5. The molecule has 6 nitrogen and oxygen atoms in total. The van der Waals surface area contributed by atoms with Crippen molar-refractivity contribution in [3.8, 4) is 0 Å². The predicted octanol–water partition coefficient (Wildman–Crippen LogP) is 6.32. The van der Waals surface area contributed by atoms with Crippen molar-refractivity contribution >= 4 is 57.3 Å². The van der Waals surface area contributed by atoms with Gasteiger partial charge in [-0.3, -0.25) is 0 Å². The minimum absolute atomic E-state index is 0.149. The first kappa shape index (κ1) is 35.3. The van der Waals surface area contributed by atoms with Gasteiger partial charge in [0.15, 0.2) is 37.9 Å². The van der Waals surface area contributed by atoms with Gasteiger partial charge in [0.1, 0.15) is 13.2 Å². The molecule has 2 heterocycles. The van der Waals surface area contributed by atoms with Crippen molar-refractivity contribution in [1.82, 2.24) is 0 Å². The normalized spacial score (nSPS) is 11.5. The number of pyridine rings is 2. The van der Waals surface area contributed by atoms with Crippen molar-refractivity contribution < 1.29 is 19.3 Å². The monoisotopic (exact) mass is 656 g/mol. The number of hydrogen-bond donors (Lipinski definition) is 2. The first-order chi connectivity index (χ1) is 22.6. The number of aromatic nitrogens is 2. The highest BCUT2D eigenvalue weighted by atomic mass is 33.1. The average Bonchev–Trinajstić information content (AvgIpc) is 3.10. The van der Waals surface area contributed by atoms with Crippen molar-refractivity contribution in [2.24, 2.45) is 0 Å². The van der Waals surface area contributed by atoms with Crippen LogP contribution in [0.3, 0.4) is 0 Å². The van der Waals surface area contributed by atoms with Crippen molar-refractivity contribution in [2.45, 2.75) is 26.9 Å². The summed E-state index contributed by atoms with van der Waals surface area (Å²) in [5.41, 5.74) is 7.18. The Bertz CT molecular complexity index is 1360. The first-order valence-electron chi connectivity index (χ1n) is 16.1. The zero-order valence-electron chi connectivity index (χ0n) is 27.1. The lowest BCUT2D eigenvalue weighted by atomic mass is 10.1. The highest BCUT2D eigenvalue weighted by molar-refractivity contribution is 8.76. The molecule has 0 fully saturated rings. The molecule has 0 atom stereocenters. The van der Waals surface area contributed by atoms with Crippen LogP contribution in [0.15, 0.2) is 97.6 Å². The number of nitrogens with zero attached hydrogens (tertiary/aromatic N) is 4. The third-order valence-corrected chi connectivity index (χ3v) is 10.1. The van der Waals surface area contributed by atoms with Gasteiger partial charge in [-0.2, -0.15) is 0 Å². The van der Waals surface area contributed by atoms with Gasteiger partial charge in [-0.1, -0.05) is 70.2 Å². The fourth-order valence-electron chi connectivity index (χ4n) is 5.02. The van der Waals surface area contributed by atoms with Crippen LogP contribution >= 0.6 is 21.6 Å². The van der Waals surface area contributed by atoms with Crippen LogP contribution in [0.2, 0.25) is 0 Å². The van der Waals surface area contributed by atoms with E-state index >= 15 is 0 Å². The van der Waals surface area contributed by atoms with Gasteiger partial charge >= 0.3 is 0 Å². The maximum atomic E-state index is 9.07. The standard InChI is InChI=1S/C38H48N4O2S2/c1-3-41(37-13-9-33(10-14-37)5-7-35-17-21-39(22-18-35)25-29-43)27-31-45-46-32-28-42(4-2)38-15-11-34(12-16-38)6-8-36-19-23-40(24-20-36)26-30-44/h5-24,43-44H,3-4,25-32H2,1-2H3/q+2. The van der Waals surface area contributed by atoms with E-state index in [4.69, 9.17) is 10.2 Å². The number of aliphatic hydroxyl groups excluding tert-OH is 2.